The standard InChI is InChI=1S/C31H26N2O6S/c1-18-14-22-15-21(9-10-23(22)39-18)28(34)26-27(33(30(36)29(26)35)31-32-12-13-40-31)20-8-11-24(25(16-20)37-2)38-17-19-6-4-3-5-7-19/h3-13,15-16,18,27,34H,14,17H2,1-2H3/t18-,27-/m0/s1. The van der Waals surface area contributed by atoms with Crippen molar-refractivity contribution >= 4 is 33.9 Å². The number of amides is 1. The molecule has 0 saturated carbocycles. The molecule has 4 aromatic rings. The highest BCUT2D eigenvalue weighted by molar-refractivity contribution is 7.14. The Morgan fingerprint density at radius 3 is 2.67 bits per heavy atom. The lowest BCUT2D eigenvalue weighted by molar-refractivity contribution is -0.132. The van der Waals surface area contributed by atoms with E-state index in [0.717, 1.165) is 16.9 Å². The first-order valence-electron chi connectivity index (χ1n) is 12.8. The lowest BCUT2D eigenvalue weighted by atomic mass is 9.94. The van der Waals surface area contributed by atoms with Crippen LogP contribution in [0.3, 0.4) is 0 Å². The van der Waals surface area contributed by atoms with Crippen LogP contribution in [0, 0.1) is 0 Å². The van der Waals surface area contributed by atoms with Gasteiger partial charge in [0.25, 0.3) is 5.78 Å². The maximum atomic E-state index is 13.5. The third kappa shape index (κ3) is 4.58. The zero-order valence-electron chi connectivity index (χ0n) is 21.9. The van der Waals surface area contributed by atoms with Crippen molar-refractivity contribution in [2.24, 2.45) is 0 Å². The summed E-state index contributed by atoms with van der Waals surface area (Å²) in [5.41, 5.74) is 2.92. The Morgan fingerprint density at radius 1 is 1.10 bits per heavy atom. The van der Waals surface area contributed by atoms with Crippen molar-refractivity contribution < 1.29 is 28.9 Å². The van der Waals surface area contributed by atoms with Crippen molar-refractivity contribution in [1.29, 1.82) is 0 Å². The van der Waals surface area contributed by atoms with Gasteiger partial charge in [0.1, 0.15) is 24.2 Å². The maximum absolute atomic E-state index is 13.5. The summed E-state index contributed by atoms with van der Waals surface area (Å²) >= 11 is 1.23. The third-order valence-electron chi connectivity index (χ3n) is 6.98. The first kappa shape index (κ1) is 25.6. The molecule has 0 spiro atoms. The smallest absolute Gasteiger partial charge is 0.301 e. The minimum absolute atomic E-state index is 0.0212. The van der Waals surface area contributed by atoms with Gasteiger partial charge in [0, 0.05) is 23.6 Å². The van der Waals surface area contributed by atoms with E-state index in [9.17, 15) is 14.7 Å². The summed E-state index contributed by atoms with van der Waals surface area (Å²) < 4.78 is 17.4. The Labute approximate surface area is 235 Å². The third-order valence-corrected chi connectivity index (χ3v) is 7.75. The van der Waals surface area contributed by atoms with Crippen LogP contribution in [-0.2, 0) is 22.6 Å². The van der Waals surface area contributed by atoms with Crippen LogP contribution >= 0.6 is 11.3 Å². The van der Waals surface area contributed by atoms with Crippen molar-refractivity contribution in [3.05, 3.63) is 106 Å². The summed E-state index contributed by atoms with van der Waals surface area (Å²) in [6, 6.07) is 19.3. The highest BCUT2D eigenvalue weighted by Gasteiger charge is 2.48. The number of hydrogen-bond donors (Lipinski definition) is 1. The van der Waals surface area contributed by atoms with E-state index >= 15 is 0 Å². The molecule has 1 amide bonds. The molecule has 0 radical (unpaired) electrons. The summed E-state index contributed by atoms with van der Waals surface area (Å²) in [5, 5.41) is 13.6. The van der Waals surface area contributed by atoms with Crippen molar-refractivity contribution in [3.63, 3.8) is 0 Å². The zero-order chi connectivity index (χ0) is 27.8. The maximum Gasteiger partial charge on any atom is 0.301 e. The largest absolute Gasteiger partial charge is 0.507 e. The van der Waals surface area contributed by atoms with Crippen molar-refractivity contribution in [3.8, 4) is 17.2 Å². The summed E-state index contributed by atoms with van der Waals surface area (Å²) in [5.74, 6) is -0.113. The molecule has 1 N–H and O–H groups in total. The Bertz CT molecular complexity index is 1620. The average molecular weight is 555 g/mol. The number of ketones is 1. The SMILES string of the molecule is COc1cc([C@H]2C(=C(O)c3ccc4c(c3)C[C@H](C)O4)C(=O)C(=O)N2c2nccs2)ccc1OCc1ccccc1. The number of hydrogen-bond acceptors (Lipinski definition) is 8. The van der Waals surface area contributed by atoms with Gasteiger partial charge >= 0.3 is 5.91 Å². The molecule has 0 bridgehead atoms. The average Bonchev–Trinajstić information content (AvgIpc) is 3.69. The molecule has 6 rings (SSSR count). The van der Waals surface area contributed by atoms with Crippen LogP contribution in [0.1, 0.15) is 35.2 Å². The molecule has 202 valence electrons. The fraction of sp³-hybridized carbons (Fsp3) is 0.194. The monoisotopic (exact) mass is 554 g/mol. The molecule has 1 fully saturated rings. The predicted molar refractivity (Wildman–Crippen MR) is 151 cm³/mol. The van der Waals surface area contributed by atoms with E-state index in [2.05, 4.69) is 4.98 Å². The fourth-order valence-electron chi connectivity index (χ4n) is 5.11. The number of aliphatic hydroxyl groups excluding tert-OH is 1. The fourth-order valence-corrected chi connectivity index (χ4v) is 5.78. The zero-order valence-corrected chi connectivity index (χ0v) is 22.7. The Kier molecular flexibility index (Phi) is 6.73. The van der Waals surface area contributed by atoms with Crippen LogP contribution in [0.2, 0.25) is 0 Å². The minimum Gasteiger partial charge on any atom is -0.507 e. The highest BCUT2D eigenvalue weighted by atomic mass is 32.1. The van der Waals surface area contributed by atoms with Crippen LogP contribution < -0.4 is 19.1 Å². The van der Waals surface area contributed by atoms with Gasteiger partial charge < -0.3 is 19.3 Å². The number of Topliss-reactive ketones (excluding diaryl/α,β-unsaturated/α-hetero) is 1. The molecule has 8 nitrogen and oxygen atoms in total. The first-order chi connectivity index (χ1) is 19.4. The molecule has 2 aliphatic rings. The summed E-state index contributed by atoms with van der Waals surface area (Å²) in [6.45, 7) is 2.31. The predicted octanol–water partition coefficient (Wildman–Crippen LogP) is 5.68. The van der Waals surface area contributed by atoms with E-state index in [1.165, 1.54) is 23.3 Å². The second-order valence-electron chi connectivity index (χ2n) is 9.62. The van der Waals surface area contributed by atoms with Crippen molar-refractivity contribution in [2.45, 2.75) is 32.1 Å². The van der Waals surface area contributed by atoms with Crippen molar-refractivity contribution in [2.75, 3.05) is 12.0 Å². The minimum atomic E-state index is -0.924. The summed E-state index contributed by atoms with van der Waals surface area (Å²) in [4.78, 5) is 32.5. The van der Waals surface area contributed by atoms with Gasteiger partial charge in [-0.2, -0.15) is 0 Å². The molecule has 3 heterocycles. The molecule has 2 atom stereocenters. The number of anilines is 1. The van der Waals surface area contributed by atoms with Gasteiger partial charge in [-0.3, -0.25) is 14.5 Å². The quantitative estimate of drug-likeness (QED) is 0.178. The second-order valence-corrected chi connectivity index (χ2v) is 10.5. The van der Waals surface area contributed by atoms with Crippen LogP contribution in [-0.4, -0.2) is 35.0 Å². The molecular formula is C31H26N2O6S. The number of nitrogens with zero attached hydrogens (tertiary/aromatic N) is 2. The lowest BCUT2D eigenvalue weighted by Gasteiger charge is -2.24. The molecule has 2 aliphatic heterocycles. The molecule has 1 aromatic heterocycles. The van der Waals surface area contributed by atoms with Gasteiger partial charge in [0.15, 0.2) is 16.6 Å². The van der Waals surface area contributed by atoms with E-state index in [-0.39, 0.29) is 17.4 Å². The topological polar surface area (TPSA) is 98.2 Å². The molecule has 0 unspecified atom stereocenters. The molecule has 3 aromatic carbocycles. The van der Waals surface area contributed by atoms with E-state index in [1.807, 2.05) is 43.3 Å². The Morgan fingerprint density at radius 2 is 1.93 bits per heavy atom. The summed E-state index contributed by atoms with van der Waals surface area (Å²) in [7, 11) is 1.53. The first-order valence-corrected chi connectivity index (χ1v) is 13.7. The normalized spacial score (nSPS) is 19.4. The highest BCUT2D eigenvalue weighted by Crippen LogP contribution is 2.45. The van der Waals surface area contributed by atoms with Gasteiger partial charge in [-0.05, 0) is 53.9 Å². The number of rotatable bonds is 7. The van der Waals surface area contributed by atoms with E-state index in [1.54, 1.807) is 41.9 Å². The summed E-state index contributed by atoms with van der Waals surface area (Å²) in [6.07, 6.45) is 2.28. The van der Waals surface area contributed by atoms with Gasteiger partial charge in [0.2, 0.25) is 0 Å². The van der Waals surface area contributed by atoms with E-state index in [4.69, 9.17) is 14.2 Å². The molecule has 9 heteroatoms. The second kappa shape index (κ2) is 10.5. The van der Waals surface area contributed by atoms with E-state index < -0.39 is 17.7 Å². The van der Waals surface area contributed by atoms with Gasteiger partial charge in [-0.25, -0.2) is 4.98 Å². The van der Waals surface area contributed by atoms with Crippen LogP contribution in [0.5, 0.6) is 17.2 Å². The van der Waals surface area contributed by atoms with E-state index in [0.29, 0.717) is 40.8 Å². The number of carbonyl (C=O) groups excluding carboxylic acids is 2. The van der Waals surface area contributed by atoms with Crippen LogP contribution in [0.4, 0.5) is 5.13 Å². The number of fused-ring (bicyclic) bond motifs is 1. The van der Waals surface area contributed by atoms with Gasteiger partial charge in [0.05, 0.1) is 18.7 Å². The van der Waals surface area contributed by atoms with Gasteiger partial charge in [-0.1, -0.05) is 36.4 Å². The number of aromatic nitrogens is 1. The number of benzene rings is 3. The number of methoxy groups -OCH3 is 1. The number of carbonyl (C=O) groups is 2. The molecule has 40 heavy (non-hydrogen) atoms. The molecule has 1 saturated heterocycles. The Balaban J connectivity index is 1.43. The molecular weight excluding hydrogens is 528 g/mol. The van der Waals surface area contributed by atoms with Crippen LogP contribution in [0.15, 0.2) is 83.9 Å². The van der Waals surface area contributed by atoms with Gasteiger partial charge in [-0.15, -0.1) is 11.3 Å². The Hall–Kier alpha value is -4.63. The van der Waals surface area contributed by atoms with Crippen molar-refractivity contribution in [1.82, 2.24) is 4.98 Å². The van der Waals surface area contributed by atoms with Crippen LogP contribution in [0.25, 0.3) is 5.76 Å². The number of aliphatic hydroxyl groups is 1. The lowest BCUT2D eigenvalue weighted by Crippen LogP contribution is -2.29. The molecule has 0 aliphatic carbocycles. The number of thiazole rings is 1. The number of ether oxygens (including phenoxy) is 3.